The van der Waals surface area contributed by atoms with Gasteiger partial charge < -0.3 is 5.11 Å². The van der Waals surface area contributed by atoms with E-state index in [0.717, 1.165) is 43.2 Å². The van der Waals surface area contributed by atoms with E-state index in [-0.39, 0.29) is 22.1 Å². The first-order valence-electron chi connectivity index (χ1n) is 12.7. The molecular weight excluding hydrogens is 414 g/mol. The predicted octanol–water partition coefficient (Wildman–Crippen LogP) is 5.41. The number of aromatic nitrogens is 2. The quantitative estimate of drug-likeness (QED) is 0.491. The first-order valence-corrected chi connectivity index (χ1v) is 12.7. The highest BCUT2D eigenvalue weighted by atomic mass is 16.6. The van der Waals surface area contributed by atoms with Crippen LogP contribution >= 0.6 is 0 Å². The molecule has 3 fully saturated rings. The summed E-state index contributed by atoms with van der Waals surface area (Å²) >= 11 is 0. The van der Waals surface area contributed by atoms with E-state index in [4.69, 9.17) is 5.10 Å². The average molecular weight is 450 g/mol. The van der Waals surface area contributed by atoms with Crippen LogP contribution in [0.25, 0.3) is 5.69 Å². The van der Waals surface area contributed by atoms with Crippen molar-refractivity contribution in [1.29, 1.82) is 0 Å². The van der Waals surface area contributed by atoms with Crippen LogP contribution in [0.3, 0.4) is 0 Å². The summed E-state index contributed by atoms with van der Waals surface area (Å²) in [4.78, 5) is 10.7. The van der Waals surface area contributed by atoms with E-state index in [1.165, 1.54) is 42.6 Å². The number of non-ortho nitro benzene ring substituents is 1. The summed E-state index contributed by atoms with van der Waals surface area (Å²) in [6.45, 7) is 7.06. The maximum Gasteiger partial charge on any atom is 0.269 e. The van der Waals surface area contributed by atoms with Crippen molar-refractivity contribution in [2.24, 2.45) is 34.5 Å². The first-order chi connectivity index (χ1) is 15.7. The van der Waals surface area contributed by atoms with Crippen LogP contribution in [0.15, 0.2) is 24.3 Å². The zero-order chi connectivity index (χ0) is 23.1. The number of nitro benzene ring substituents is 1. The molecule has 6 heteroatoms. The van der Waals surface area contributed by atoms with Gasteiger partial charge in [-0.3, -0.25) is 10.1 Å². The maximum absolute atomic E-state index is 11.0. The Bertz CT molecular complexity index is 1110. The number of nitrogens with zero attached hydrogens (tertiary/aromatic N) is 3. The van der Waals surface area contributed by atoms with Gasteiger partial charge in [0, 0.05) is 17.8 Å². The standard InChI is InChI=1S/C27H35N3O3/c1-16-21-15-27(3)17(4-9-20-22-10-11-25(31)26(22,2)13-12-23(20)27)14-24(21)28-29(16)18-5-7-19(8-6-18)30(32)33/h5-8,17,20,22-23,25,31H,4,9-15H2,1-3H3/t17-,20-,22-,23-,25-,26-,27-/m0/s1. The van der Waals surface area contributed by atoms with Crippen molar-refractivity contribution in [3.05, 3.63) is 51.3 Å². The summed E-state index contributed by atoms with van der Waals surface area (Å²) < 4.78 is 2.00. The number of aliphatic hydroxyl groups excluding tert-OH is 1. The molecule has 0 spiro atoms. The number of fused-ring (bicyclic) bond motifs is 6. The number of aliphatic hydroxyl groups is 1. The third-order valence-corrected chi connectivity index (χ3v) is 10.6. The molecule has 0 saturated heterocycles. The Hall–Kier alpha value is -2.21. The molecule has 1 aromatic carbocycles. The number of hydrogen-bond donors (Lipinski definition) is 1. The molecule has 3 saturated carbocycles. The second-order valence-electron chi connectivity index (χ2n) is 11.9. The topological polar surface area (TPSA) is 81.2 Å². The molecule has 2 aromatic rings. The van der Waals surface area contributed by atoms with E-state index in [1.807, 2.05) is 16.8 Å². The monoisotopic (exact) mass is 449 g/mol. The van der Waals surface area contributed by atoms with E-state index in [0.29, 0.717) is 17.3 Å². The molecule has 0 radical (unpaired) electrons. The summed E-state index contributed by atoms with van der Waals surface area (Å²) in [6.07, 6.45) is 9.16. The lowest BCUT2D eigenvalue weighted by atomic mass is 9.45. The van der Waals surface area contributed by atoms with Crippen LogP contribution in [0.4, 0.5) is 5.69 Å². The van der Waals surface area contributed by atoms with Gasteiger partial charge in [-0.1, -0.05) is 13.8 Å². The maximum atomic E-state index is 11.0. The highest BCUT2D eigenvalue weighted by Crippen LogP contribution is 2.65. The van der Waals surface area contributed by atoms with Gasteiger partial charge in [-0.25, -0.2) is 4.68 Å². The van der Waals surface area contributed by atoms with Gasteiger partial charge >= 0.3 is 0 Å². The minimum Gasteiger partial charge on any atom is -0.393 e. The Morgan fingerprint density at radius 2 is 1.79 bits per heavy atom. The molecule has 0 unspecified atom stereocenters. The molecule has 0 aliphatic heterocycles. The predicted molar refractivity (Wildman–Crippen MR) is 126 cm³/mol. The third kappa shape index (κ3) is 2.92. The lowest BCUT2D eigenvalue weighted by Crippen LogP contribution is -2.54. The molecule has 33 heavy (non-hydrogen) atoms. The van der Waals surface area contributed by atoms with Crippen molar-refractivity contribution in [3.8, 4) is 5.69 Å². The van der Waals surface area contributed by atoms with Gasteiger partial charge in [-0.2, -0.15) is 5.10 Å². The largest absolute Gasteiger partial charge is 0.393 e. The molecule has 1 N–H and O–H groups in total. The van der Waals surface area contributed by atoms with Gasteiger partial charge in [0.05, 0.1) is 22.4 Å². The molecule has 0 amide bonds. The number of hydrogen-bond acceptors (Lipinski definition) is 4. The van der Waals surface area contributed by atoms with Crippen molar-refractivity contribution in [1.82, 2.24) is 9.78 Å². The van der Waals surface area contributed by atoms with Crippen LogP contribution < -0.4 is 0 Å². The Kier molecular flexibility index (Phi) is 4.62. The Morgan fingerprint density at radius 3 is 2.52 bits per heavy atom. The van der Waals surface area contributed by atoms with E-state index >= 15 is 0 Å². The van der Waals surface area contributed by atoms with Gasteiger partial charge in [0.1, 0.15) is 0 Å². The summed E-state index contributed by atoms with van der Waals surface area (Å²) in [5.74, 6) is 2.82. The van der Waals surface area contributed by atoms with Crippen molar-refractivity contribution >= 4 is 5.69 Å². The molecular formula is C27H35N3O3. The van der Waals surface area contributed by atoms with Crippen LogP contribution in [0.2, 0.25) is 0 Å². The lowest BCUT2D eigenvalue weighted by molar-refractivity contribution is -0.384. The zero-order valence-corrected chi connectivity index (χ0v) is 20.0. The van der Waals surface area contributed by atoms with Crippen LogP contribution in [0, 0.1) is 51.5 Å². The van der Waals surface area contributed by atoms with Crippen LogP contribution in [0.5, 0.6) is 0 Å². The lowest BCUT2D eigenvalue weighted by Gasteiger charge is -2.60. The normalized spacial score (nSPS) is 39.3. The summed E-state index contributed by atoms with van der Waals surface area (Å²) in [7, 11) is 0. The Balaban J connectivity index is 1.33. The Labute approximate surface area is 195 Å². The molecule has 1 heterocycles. The highest BCUT2D eigenvalue weighted by molar-refractivity contribution is 5.44. The molecule has 176 valence electrons. The second-order valence-corrected chi connectivity index (χ2v) is 11.9. The van der Waals surface area contributed by atoms with Crippen molar-refractivity contribution in [3.63, 3.8) is 0 Å². The van der Waals surface area contributed by atoms with Gasteiger partial charge in [0.25, 0.3) is 5.69 Å². The molecule has 4 aliphatic rings. The van der Waals surface area contributed by atoms with E-state index in [2.05, 4.69) is 20.8 Å². The van der Waals surface area contributed by atoms with Crippen molar-refractivity contribution in [2.45, 2.75) is 78.2 Å². The second kappa shape index (κ2) is 7.14. The van der Waals surface area contributed by atoms with Crippen LogP contribution in [-0.2, 0) is 12.8 Å². The van der Waals surface area contributed by atoms with Crippen LogP contribution in [-0.4, -0.2) is 25.9 Å². The fourth-order valence-electron chi connectivity index (χ4n) is 8.69. The van der Waals surface area contributed by atoms with E-state index in [1.54, 1.807) is 12.1 Å². The highest BCUT2D eigenvalue weighted by Gasteiger charge is 2.60. The van der Waals surface area contributed by atoms with E-state index in [9.17, 15) is 15.2 Å². The number of rotatable bonds is 2. The fourth-order valence-corrected chi connectivity index (χ4v) is 8.69. The molecule has 0 bridgehead atoms. The average Bonchev–Trinajstić information content (AvgIpc) is 3.28. The SMILES string of the molecule is Cc1c2c(nn1-c1ccc([N+](=O)[O-])cc1)C[C@@H]1CC[C@@H]3[C@H](CC[C@]4(C)[C@@H](O)CC[C@@H]34)[C@@]1(C)C2. The van der Waals surface area contributed by atoms with Crippen molar-refractivity contribution in [2.75, 3.05) is 0 Å². The minimum absolute atomic E-state index is 0.110. The van der Waals surface area contributed by atoms with Crippen molar-refractivity contribution < 1.29 is 10.0 Å². The number of benzene rings is 1. The van der Waals surface area contributed by atoms with Gasteiger partial charge in [-0.15, -0.1) is 0 Å². The summed E-state index contributed by atoms with van der Waals surface area (Å²) in [5, 5.41) is 26.8. The van der Waals surface area contributed by atoms with Gasteiger partial charge in [-0.05, 0) is 110 Å². The molecule has 6 nitrogen and oxygen atoms in total. The van der Waals surface area contributed by atoms with E-state index < -0.39 is 0 Å². The minimum atomic E-state index is -0.356. The smallest absolute Gasteiger partial charge is 0.269 e. The molecule has 6 rings (SSSR count). The fraction of sp³-hybridized carbons (Fsp3) is 0.667. The van der Waals surface area contributed by atoms with Gasteiger partial charge in [0.15, 0.2) is 0 Å². The Morgan fingerprint density at radius 1 is 1.06 bits per heavy atom. The number of nitro groups is 1. The third-order valence-electron chi connectivity index (χ3n) is 10.6. The molecule has 1 aromatic heterocycles. The molecule has 7 atom stereocenters. The molecule has 4 aliphatic carbocycles. The zero-order valence-electron chi connectivity index (χ0n) is 20.0. The first kappa shape index (κ1) is 21.3. The van der Waals surface area contributed by atoms with Crippen LogP contribution in [0.1, 0.15) is 69.3 Å². The summed E-state index contributed by atoms with van der Waals surface area (Å²) in [6, 6.07) is 6.75. The summed E-state index contributed by atoms with van der Waals surface area (Å²) in [5.41, 5.74) is 5.22. The van der Waals surface area contributed by atoms with Gasteiger partial charge in [0.2, 0.25) is 0 Å².